The zero-order valence-electron chi connectivity index (χ0n) is 13.0. The summed E-state index contributed by atoms with van der Waals surface area (Å²) >= 11 is 0. The Labute approximate surface area is 130 Å². The van der Waals surface area contributed by atoms with Crippen LogP contribution < -0.4 is 10.6 Å². The molecule has 0 saturated heterocycles. The highest BCUT2D eigenvalue weighted by atomic mass is 16.2. The first kappa shape index (κ1) is 15.6. The average Bonchev–Trinajstić information content (AvgIpc) is 2.52. The molecule has 0 saturated carbocycles. The third-order valence-electron chi connectivity index (χ3n) is 3.63. The van der Waals surface area contributed by atoms with Crippen molar-refractivity contribution in [3.8, 4) is 6.07 Å². The summed E-state index contributed by atoms with van der Waals surface area (Å²) in [6.07, 6.45) is 0. The molecule has 0 heterocycles. The van der Waals surface area contributed by atoms with Crippen molar-refractivity contribution in [3.05, 3.63) is 59.2 Å². The van der Waals surface area contributed by atoms with Gasteiger partial charge in [-0.3, -0.25) is 4.79 Å². The molecule has 0 aromatic heterocycles. The average molecular weight is 293 g/mol. The summed E-state index contributed by atoms with van der Waals surface area (Å²) in [5.41, 5.74) is 4.41. The largest absolute Gasteiger partial charge is 0.374 e. The number of hydrogen-bond donors (Lipinski definition) is 2. The molecule has 0 radical (unpaired) electrons. The van der Waals surface area contributed by atoms with E-state index in [1.54, 1.807) is 24.3 Å². The molecule has 0 fully saturated rings. The van der Waals surface area contributed by atoms with E-state index < -0.39 is 0 Å². The third kappa shape index (κ3) is 3.64. The Bertz CT molecular complexity index is 731. The fourth-order valence-electron chi connectivity index (χ4n) is 2.12. The minimum absolute atomic E-state index is 0.143. The lowest BCUT2D eigenvalue weighted by Gasteiger charge is -2.18. The molecule has 2 aromatic carbocycles. The quantitative estimate of drug-likeness (QED) is 0.905. The number of nitriles is 1. The minimum Gasteiger partial charge on any atom is -0.374 e. The van der Waals surface area contributed by atoms with Crippen LogP contribution in [0.3, 0.4) is 0 Å². The van der Waals surface area contributed by atoms with E-state index in [2.05, 4.69) is 16.7 Å². The number of amides is 1. The summed E-state index contributed by atoms with van der Waals surface area (Å²) in [6, 6.07) is 14.5. The second kappa shape index (κ2) is 6.77. The standard InChI is InChI=1S/C18H19N3O/c1-12-6-4-9-17(13(12)2)20-14(3)18(22)21-16-8-5-7-15(10-16)11-19/h4-10,14,20H,1-3H3,(H,21,22). The highest BCUT2D eigenvalue weighted by molar-refractivity contribution is 5.96. The van der Waals surface area contributed by atoms with Gasteiger partial charge in [0.25, 0.3) is 0 Å². The van der Waals surface area contributed by atoms with E-state index in [0.717, 1.165) is 11.3 Å². The van der Waals surface area contributed by atoms with E-state index in [1.807, 2.05) is 39.0 Å². The number of benzene rings is 2. The smallest absolute Gasteiger partial charge is 0.246 e. The second-order valence-electron chi connectivity index (χ2n) is 5.30. The van der Waals surface area contributed by atoms with E-state index >= 15 is 0 Å². The zero-order valence-corrected chi connectivity index (χ0v) is 13.0. The van der Waals surface area contributed by atoms with Gasteiger partial charge in [-0.1, -0.05) is 18.2 Å². The van der Waals surface area contributed by atoms with Crippen molar-refractivity contribution in [2.75, 3.05) is 10.6 Å². The van der Waals surface area contributed by atoms with Crippen LogP contribution in [0.5, 0.6) is 0 Å². The number of aryl methyl sites for hydroxylation is 1. The van der Waals surface area contributed by atoms with Crippen LogP contribution in [-0.2, 0) is 4.79 Å². The van der Waals surface area contributed by atoms with Crippen molar-refractivity contribution in [1.29, 1.82) is 5.26 Å². The lowest BCUT2D eigenvalue weighted by atomic mass is 10.1. The molecule has 1 unspecified atom stereocenters. The Hall–Kier alpha value is -2.80. The SMILES string of the molecule is Cc1cccc(NC(C)C(=O)Nc2cccc(C#N)c2)c1C. The van der Waals surface area contributed by atoms with Gasteiger partial charge in [-0.2, -0.15) is 5.26 Å². The first-order valence-corrected chi connectivity index (χ1v) is 7.15. The molecule has 1 atom stereocenters. The van der Waals surface area contributed by atoms with Gasteiger partial charge >= 0.3 is 0 Å². The zero-order chi connectivity index (χ0) is 16.1. The number of nitrogens with one attached hydrogen (secondary N) is 2. The third-order valence-corrected chi connectivity index (χ3v) is 3.63. The Kier molecular flexibility index (Phi) is 4.80. The predicted molar refractivity (Wildman–Crippen MR) is 88.8 cm³/mol. The molecule has 0 spiro atoms. The maximum atomic E-state index is 12.3. The number of anilines is 2. The van der Waals surface area contributed by atoms with Gasteiger partial charge in [0.15, 0.2) is 0 Å². The number of carbonyl (C=O) groups excluding carboxylic acids is 1. The van der Waals surface area contributed by atoms with Crippen LogP contribution >= 0.6 is 0 Å². The molecule has 4 heteroatoms. The van der Waals surface area contributed by atoms with Crippen molar-refractivity contribution in [2.24, 2.45) is 0 Å². The Balaban J connectivity index is 2.06. The van der Waals surface area contributed by atoms with E-state index in [-0.39, 0.29) is 11.9 Å². The predicted octanol–water partition coefficient (Wildman–Crippen LogP) is 3.61. The number of hydrogen-bond acceptors (Lipinski definition) is 3. The van der Waals surface area contributed by atoms with E-state index in [4.69, 9.17) is 5.26 Å². The van der Waals surface area contributed by atoms with E-state index in [9.17, 15) is 4.79 Å². The number of rotatable bonds is 4. The van der Waals surface area contributed by atoms with Crippen LogP contribution in [0, 0.1) is 25.2 Å². The summed E-state index contributed by atoms with van der Waals surface area (Å²) in [4.78, 5) is 12.3. The molecule has 1 amide bonds. The molecule has 22 heavy (non-hydrogen) atoms. The summed E-state index contributed by atoms with van der Waals surface area (Å²) in [5.74, 6) is -0.143. The number of nitrogens with zero attached hydrogens (tertiary/aromatic N) is 1. The molecule has 112 valence electrons. The fourth-order valence-corrected chi connectivity index (χ4v) is 2.12. The molecule has 0 aliphatic rings. The highest BCUT2D eigenvalue weighted by Gasteiger charge is 2.14. The maximum absolute atomic E-state index is 12.3. The normalized spacial score (nSPS) is 11.4. The van der Waals surface area contributed by atoms with Gasteiger partial charge < -0.3 is 10.6 Å². The van der Waals surface area contributed by atoms with Crippen LogP contribution in [-0.4, -0.2) is 11.9 Å². The Morgan fingerprint density at radius 3 is 2.64 bits per heavy atom. The van der Waals surface area contributed by atoms with Crippen LogP contribution in [0.2, 0.25) is 0 Å². The molecule has 4 nitrogen and oxygen atoms in total. The molecule has 0 aliphatic heterocycles. The fraction of sp³-hybridized carbons (Fsp3) is 0.222. The molecule has 0 bridgehead atoms. The lowest BCUT2D eigenvalue weighted by Crippen LogP contribution is -2.32. The van der Waals surface area contributed by atoms with Crippen molar-refractivity contribution < 1.29 is 4.79 Å². The summed E-state index contributed by atoms with van der Waals surface area (Å²) in [6.45, 7) is 5.88. The van der Waals surface area contributed by atoms with Gasteiger partial charge in [-0.05, 0) is 56.2 Å². The topological polar surface area (TPSA) is 64.9 Å². The Morgan fingerprint density at radius 1 is 1.18 bits per heavy atom. The summed E-state index contributed by atoms with van der Waals surface area (Å²) < 4.78 is 0. The minimum atomic E-state index is -0.383. The first-order valence-electron chi connectivity index (χ1n) is 7.15. The molecular formula is C18H19N3O. The molecular weight excluding hydrogens is 274 g/mol. The Morgan fingerprint density at radius 2 is 1.91 bits per heavy atom. The summed E-state index contributed by atoms with van der Waals surface area (Å²) in [5, 5.41) is 14.9. The van der Waals surface area contributed by atoms with Crippen LogP contribution in [0.1, 0.15) is 23.6 Å². The van der Waals surface area contributed by atoms with Gasteiger partial charge in [0.2, 0.25) is 5.91 Å². The van der Waals surface area contributed by atoms with Crippen LogP contribution in [0.25, 0.3) is 0 Å². The van der Waals surface area contributed by atoms with E-state index in [1.165, 1.54) is 5.56 Å². The van der Waals surface area contributed by atoms with Gasteiger partial charge in [0.1, 0.15) is 6.04 Å². The molecule has 2 N–H and O–H groups in total. The summed E-state index contributed by atoms with van der Waals surface area (Å²) in [7, 11) is 0. The van der Waals surface area contributed by atoms with Crippen molar-refractivity contribution >= 4 is 17.3 Å². The van der Waals surface area contributed by atoms with Gasteiger partial charge in [-0.25, -0.2) is 0 Å². The first-order chi connectivity index (χ1) is 10.5. The molecule has 0 aliphatic carbocycles. The van der Waals surface area contributed by atoms with Crippen molar-refractivity contribution in [3.63, 3.8) is 0 Å². The second-order valence-corrected chi connectivity index (χ2v) is 5.30. The molecule has 2 aromatic rings. The van der Waals surface area contributed by atoms with Gasteiger partial charge in [0, 0.05) is 11.4 Å². The lowest BCUT2D eigenvalue weighted by molar-refractivity contribution is -0.116. The molecule has 2 rings (SSSR count). The van der Waals surface area contributed by atoms with Crippen LogP contribution in [0.15, 0.2) is 42.5 Å². The van der Waals surface area contributed by atoms with Crippen LogP contribution in [0.4, 0.5) is 11.4 Å². The highest BCUT2D eigenvalue weighted by Crippen LogP contribution is 2.19. The van der Waals surface area contributed by atoms with Crippen molar-refractivity contribution in [1.82, 2.24) is 0 Å². The monoisotopic (exact) mass is 293 g/mol. The van der Waals surface area contributed by atoms with E-state index in [0.29, 0.717) is 11.3 Å². The van der Waals surface area contributed by atoms with Gasteiger partial charge in [0.05, 0.1) is 11.6 Å². The number of carbonyl (C=O) groups is 1. The van der Waals surface area contributed by atoms with Gasteiger partial charge in [-0.15, -0.1) is 0 Å². The maximum Gasteiger partial charge on any atom is 0.246 e. The van der Waals surface area contributed by atoms with Crippen molar-refractivity contribution in [2.45, 2.75) is 26.8 Å².